The zero-order valence-electron chi connectivity index (χ0n) is 15.0. The number of hydrogen-bond acceptors (Lipinski definition) is 5. The number of hydrogen-bond donors (Lipinski definition) is 0. The largest absolute Gasteiger partial charge is 0.367 e. The molecule has 0 aliphatic carbocycles. The van der Waals surface area contributed by atoms with Gasteiger partial charge in [-0.3, -0.25) is 19.7 Å². The number of non-ortho nitro benzene ring substituents is 1. The average molecular weight is 366 g/mol. The summed E-state index contributed by atoms with van der Waals surface area (Å²) in [5.41, 5.74) is -0.891. The third-order valence-electron chi connectivity index (χ3n) is 6.52. The van der Waals surface area contributed by atoms with Gasteiger partial charge in [0.15, 0.2) is 0 Å². The van der Waals surface area contributed by atoms with Gasteiger partial charge in [0.2, 0.25) is 11.8 Å². The number of nitrogens with zero attached hydrogens (tertiary/aromatic N) is 2. The quantitative estimate of drug-likeness (QED) is 0.462. The van der Waals surface area contributed by atoms with E-state index in [1.54, 1.807) is 24.3 Å². The average Bonchev–Trinajstić information content (AvgIpc) is 3.18. The summed E-state index contributed by atoms with van der Waals surface area (Å²) in [5.74, 6) is -1.54. The van der Waals surface area contributed by atoms with Crippen LogP contribution in [0, 0.1) is 22.0 Å². The van der Waals surface area contributed by atoms with E-state index in [0.717, 1.165) is 12.8 Å². The maximum absolute atomic E-state index is 13.3. The molecule has 5 rings (SSSR count). The van der Waals surface area contributed by atoms with Crippen LogP contribution in [0.15, 0.2) is 36.4 Å². The molecule has 7 nitrogen and oxygen atoms in total. The second-order valence-corrected chi connectivity index (χ2v) is 8.10. The van der Waals surface area contributed by atoms with Crippen molar-refractivity contribution >= 4 is 34.0 Å². The Morgan fingerprint density at radius 3 is 2.11 bits per heavy atom. The van der Waals surface area contributed by atoms with E-state index in [4.69, 9.17) is 4.74 Å². The van der Waals surface area contributed by atoms with Crippen molar-refractivity contribution in [2.45, 2.75) is 37.9 Å². The topological polar surface area (TPSA) is 89.8 Å². The Labute approximate surface area is 155 Å². The van der Waals surface area contributed by atoms with Crippen LogP contribution in [0.2, 0.25) is 0 Å². The number of carbonyl (C=O) groups excluding carboxylic acids is 2. The highest BCUT2D eigenvalue weighted by atomic mass is 16.6. The Balaban J connectivity index is 1.69. The molecule has 2 amide bonds. The van der Waals surface area contributed by atoms with Crippen LogP contribution in [0.3, 0.4) is 0 Å². The molecule has 7 heteroatoms. The molecule has 4 atom stereocenters. The van der Waals surface area contributed by atoms with E-state index in [1.807, 2.05) is 13.8 Å². The maximum atomic E-state index is 13.3. The Kier molecular flexibility index (Phi) is 2.99. The summed E-state index contributed by atoms with van der Waals surface area (Å²) in [6.45, 7) is 3.82. The third-order valence-corrected chi connectivity index (χ3v) is 6.52. The number of imide groups is 1. The first-order chi connectivity index (χ1) is 12.8. The van der Waals surface area contributed by atoms with Crippen molar-refractivity contribution < 1.29 is 19.2 Å². The van der Waals surface area contributed by atoms with Gasteiger partial charge in [-0.25, -0.2) is 4.90 Å². The summed E-state index contributed by atoms with van der Waals surface area (Å²) in [6.07, 6.45) is 1.50. The van der Waals surface area contributed by atoms with Gasteiger partial charge in [0, 0.05) is 11.5 Å². The van der Waals surface area contributed by atoms with Gasteiger partial charge in [0.05, 0.1) is 39.0 Å². The highest BCUT2D eigenvalue weighted by Crippen LogP contribution is 2.61. The molecule has 3 aliphatic heterocycles. The number of benzene rings is 2. The summed E-state index contributed by atoms with van der Waals surface area (Å²) in [7, 11) is 0. The standard InChI is InChI=1S/C20H18N2O5/c1-19-9-10-20(2,27-19)16-15(19)17(23)21(18(16)24)13-7-8-14(22(25)26)12-6-4-3-5-11(12)13/h3-8,15-16H,9-10H2,1-2H3/t15-,16+,19-,20?/m1/s1. The summed E-state index contributed by atoms with van der Waals surface area (Å²) >= 11 is 0. The summed E-state index contributed by atoms with van der Waals surface area (Å²) in [4.78, 5) is 38.7. The Bertz CT molecular complexity index is 1020. The van der Waals surface area contributed by atoms with Crippen LogP contribution in [0.1, 0.15) is 26.7 Å². The van der Waals surface area contributed by atoms with Gasteiger partial charge in [0.25, 0.3) is 5.69 Å². The lowest BCUT2D eigenvalue weighted by atomic mass is 9.69. The minimum atomic E-state index is -0.627. The molecular formula is C20H18N2O5. The summed E-state index contributed by atoms with van der Waals surface area (Å²) in [5, 5.41) is 12.3. The molecule has 0 N–H and O–H groups in total. The number of nitro benzene ring substituents is 1. The van der Waals surface area contributed by atoms with Crippen molar-refractivity contribution in [1.29, 1.82) is 0 Å². The van der Waals surface area contributed by atoms with Crippen LogP contribution in [-0.4, -0.2) is 27.9 Å². The third kappa shape index (κ3) is 1.89. The second-order valence-electron chi connectivity index (χ2n) is 8.10. The highest BCUT2D eigenvalue weighted by molar-refractivity contribution is 6.26. The molecule has 2 aromatic carbocycles. The zero-order valence-corrected chi connectivity index (χ0v) is 15.0. The van der Waals surface area contributed by atoms with Crippen molar-refractivity contribution in [3.63, 3.8) is 0 Å². The highest BCUT2D eigenvalue weighted by Gasteiger charge is 2.72. The number of carbonyl (C=O) groups is 2. The molecule has 3 aliphatic rings. The number of nitro groups is 1. The minimum Gasteiger partial charge on any atom is -0.367 e. The van der Waals surface area contributed by atoms with E-state index in [1.165, 1.54) is 17.0 Å². The lowest BCUT2D eigenvalue weighted by Gasteiger charge is -2.27. The number of rotatable bonds is 2. The molecule has 0 spiro atoms. The molecule has 0 radical (unpaired) electrons. The Morgan fingerprint density at radius 1 is 1.00 bits per heavy atom. The molecule has 3 saturated heterocycles. The van der Waals surface area contributed by atoms with Crippen LogP contribution >= 0.6 is 0 Å². The molecule has 0 aromatic heterocycles. The lowest BCUT2D eigenvalue weighted by molar-refractivity contribution is -0.383. The molecule has 27 heavy (non-hydrogen) atoms. The van der Waals surface area contributed by atoms with E-state index in [0.29, 0.717) is 16.5 Å². The lowest BCUT2D eigenvalue weighted by Crippen LogP contribution is -2.40. The maximum Gasteiger partial charge on any atom is 0.277 e. The number of ether oxygens (including phenoxy) is 1. The monoisotopic (exact) mass is 366 g/mol. The van der Waals surface area contributed by atoms with Gasteiger partial charge in [-0.15, -0.1) is 0 Å². The SMILES string of the molecule is CC12CC[C@@](C)(O1)[C@H]1C(=O)N(c3ccc([N+](=O)[O-])c4ccccc34)C(=O)[C@H]12. The molecule has 0 saturated carbocycles. The van der Waals surface area contributed by atoms with E-state index in [2.05, 4.69) is 0 Å². The van der Waals surface area contributed by atoms with E-state index < -0.39 is 28.0 Å². The van der Waals surface area contributed by atoms with Crippen LogP contribution in [0.5, 0.6) is 0 Å². The molecule has 1 unspecified atom stereocenters. The van der Waals surface area contributed by atoms with E-state index in [-0.39, 0.29) is 17.5 Å². The van der Waals surface area contributed by atoms with Crippen LogP contribution < -0.4 is 4.90 Å². The van der Waals surface area contributed by atoms with Gasteiger partial charge in [0.1, 0.15) is 0 Å². The van der Waals surface area contributed by atoms with Crippen molar-refractivity contribution in [3.05, 3.63) is 46.5 Å². The van der Waals surface area contributed by atoms with Crippen molar-refractivity contribution in [1.82, 2.24) is 0 Å². The van der Waals surface area contributed by atoms with Crippen LogP contribution in [0.25, 0.3) is 10.8 Å². The first-order valence-electron chi connectivity index (χ1n) is 9.01. The molecule has 2 bridgehead atoms. The fourth-order valence-electron chi connectivity index (χ4n) is 5.33. The fraction of sp³-hybridized carbons (Fsp3) is 0.400. The molecular weight excluding hydrogens is 348 g/mol. The molecule has 138 valence electrons. The normalized spacial score (nSPS) is 34.5. The number of amides is 2. The Morgan fingerprint density at radius 2 is 1.56 bits per heavy atom. The van der Waals surface area contributed by atoms with Crippen LogP contribution in [-0.2, 0) is 14.3 Å². The minimum absolute atomic E-state index is 0.0454. The molecule has 3 heterocycles. The van der Waals surface area contributed by atoms with Crippen molar-refractivity contribution in [2.75, 3.05) is 4.90 Å². The molecule has 2 aromatic rings. The predicted molar refractivity (Wildman–Crippen MR) is 97.2 cm³/mol. The van der Waals surface area contributed by atoms with E-state index >= 15 is 0 Å². The zero-order chi connectivity index (χ0) is 19.1. The van der Waals surface area contributed by atoms with Gasteiger partial charge < -0.3 is 4.74 Å². The van der Waals surface area contributed by atoms with Crippen molar-refractivity contribution in [2.24, 2.45) is 11.8 Å². The fourth-order valence-corrected chi connectivity index (χ4v) is 5.33. The van der Waals surface area contributed by atoms with Gasteiger partial charge >= 0.3 is 0 Å². The first-order valence-corrected chi connectivity index (χ1v) is 9.01. The number of fused-ring (bicyclic) bond motifs is 6. The van der Waals surface area contributed by atoms with Gasteiger partial charge in [-0.1, -0.05) is 18.2 Å². The summed E-state index contributed by atoms with van der Waals surface area (Å²) in [6, 6.07) is 9.67. The number of anilines is 1. The smallest absolute Gasteiger partial charge is 0.277 e. The van der Waals surface area contributed by atoms with Crippen molar-refractivity contribution in [3.8, 4) is 0 Å². The predicted octanol–water partition coefficient (Wildman–Crippen LogP) is 3.20. The Hall–Kier alpha value is -2.80. The first kappa shape index (κ1) is 16.4. The van der Waals surface area contributed by atoms with Gasteiger partial charge in [-0.2, -0.15) is 0 Å². The van der Waals surface area contributed by atoms with E-state index in [9.17, 15) is 19.7 Å². The van der Waals surface area contributed by atoms with Crippen LogP contribution in [0.4, 0.5) is 11.4 Å². The second kappa shape index (κ2) is 4.92. The van der Waals surface area contributed by atoms with Gasteiger partial charge in [-0.05, 0) is 38.8 Å². The molecule has 3 fully saturated rings. The summed E-state index contributed by atoms with van der Waals surface area (Å²) < 4.78 is 6.12.